The van der Waals surface area contributed by atoms with Crippen LogP contribution in [0.2, 0.25) is 5.02 Å². The average Bonchev–Trinajstić information content (AvgIpc) is 2.34. The standard InChI is InChI=1S/C12H10ClFN2O/c1-15-12-7-9(4-5-16-12)17-8-2-3-11(14)10(13)6-8/h2-7H,1H3,(H,15,16). The first-order chi connectivity index (χ1) is 8.19. The van der Waals surface area contributed by atoms with E-state index >= 15 is 0 Å². The summed E-state index contributed by atoms with van der Waals surface area (Å²) in [6.07, 6.45) is 1.62. The Morgan fingerprint density at radius 2 is 2.00 bits per heavy atom. The SMILES string of the molecule is CNc1cc(Oc2ccc(F)c(Cl)c2)ccn1. The quantitative estimate of drug-likeness (QED) is 0.904. The summed E-state index contributed by atoms with van der Waals surface area (Å²) in [4.78, 5) is 4.05. The van der Waals surface area contributed by atoms with Gasteiger partial charge in [-0.15, -0.1) is 0 Å². The number of rotatable bonds is 3. The van der Waals surface area contributed by atoms with Gasteiger partial charge in [0.25, 0.3) is 0 Å². The van der Waals surface area contributed by atoms with Gasteiger partial charge in [-0.2, -0.15) is 0 Å². The molecule has 0 radical (unpaired) electrons. The van der Waals surface area contributed by atoms with Crippen molar-refractivity contribution < 1.29 is 9.13 Å². The molecule has 0 aliphatic rings. The van der Waals surface area contributed by atoms with Crippen molar-refractivity contribution in [1.82, 2.24) is 4.98 Å². The third kappa shape index (κ3) is 2.85. The zero-order valence-electron chi connectivity index (χ0n) is 9.08. The molecule has 3 nitrogen and oxygen atoms in total. The molecule has 17 heavy (non-hydrogen) atoms. The van der Waals surface area contributed by atoms with Crippen molar-refractivity contribution in [1.29, 1.82) is 0 Å². The minimum atomic E-state index is -0.468. The molecule has 1 aromatic heterocycles. The molecular formula is C12H10ClFN2O. The number of ether oxygens (including phenoxy) is 1. The van der Waals surface area contributed by atoms with Crippen molar-refractivity contribution in [2.45, 2.75) is 0 Å². The van der Waals surface area contributed by atoms with Crippen molar-refractivity contribution in [3.63, 3.8) is 0 Å². The minimum Gasteiger partial charge on any atom is -0.457 e. The summed E-state index contributed by atoms with van der Waals surface area (Å²) in [6.45, 7) is 0. The third-order valence-electron chi connectivity index (χ3n) is 2.11. The van der Waals surface area contributed by atoms with Gasteiger partial charge in [0, 0.05) is 25.4 Å². The summed E-state index contributed by atoms with van der Waals surface area (Å²) >= 11 is 5.66. The monoisotopic (exact) mass is 252 g/mol. The highest BCUT2D eigenvalue weighted by molar-refractivity contribution is 6.30. The number of nitrogens with zero attached hydrogens (tertiary/aromatic N) is 1. The highest BCUT2D eigenvalue weighted by atomic mass is 35.5. The van der Waals surface area contributed by atoms with Crippen molar-refractivity contribution >= 4 is 17.4 Å². The highest BCUT2D eigenvalue weighted by Gasteiger charge is 2.03. The molecule has 0 saturated heterocycles. The number of halogens is 2. The van der Waals surface area contributed by atoms with E-state index in [0.29, 0.717) is 17.3 Å². The molecule has 0 saturated carbocycles. The molecule has 0 fully saturated rings. The topological polar surface area (TPSA) is 34.1 Å². The normalized spacial score (nSPS) is 10.1. The molecule has 0 amide bonds. The maximum absolute atomic E-state index is 12.9. The summed E-state index contributed by atoms with van der Waals surface area (Å²) in [5, 5.41) is 2.93. The second-order valence-electron chi connectivity index (χ2n) is 3.30. The Morgan fingerprint density at radius 1 is 1.24 bits per heavy atom. The molecule has 0 atom stereocenters. The van der Waals surface area contributed by atoms with Gasteiger partial charge in [-0.1, -0.05) is 11.6 Å². The lowest BCUT2D eigenvalue weighted by molar-refractivity contribution is 0.480. The van der Waals surface area contributed by atoms with Gasteiger partial charge < -0.3 is 10.1 Å². The Bertz CT molecular complexity index is 534. The van der Waals surface area contributed by atoms with Crippen molar-refractivity contribution in [2.24, 2.45) is 0 Å². The number of anilines is 1. The molecule has 5 heteroatoms. The molecular weight excluding hydrogens is 243 g/mol. The Labute approximate surface area is 103 Å². The molecule has 1 heterocycles. The first kappa shape index (κ1) is 11.7. The van der Waals surface area contributed by atoms with E-state index < -0.39 is 5.82 Å². The van der Waals surface area contributed by atoms with E-state index in [-0.39, 0.29) is 5.02 Å². The summed E-state index contributed by atoms with van der Waals surface area (Å²) in [5.41, 5.74) is 0. The van der Waals surface area contributed by atoms with E-state index in [1.54, 1.807) is 25.4 Å². The van der Waals surface area contributed by atoms with Gasteiger partial charge in [0.1, 0.15) is 23.1 Å². The molecule has 0 aliphatic heterocycles. The first-order valence-electron chi connectivity index (χ1n) is 4.96. The molecule has 2 rings (SSSR count). The van der Waals surface area contributed by atoms with E-state index in [1.807, 2.05) is 0 Å². The fraction of sp³-hybridized carbons (Fsp3) is 0.0833. The Balaban J connectivity index is 2.22. The van der Waals surface area contributed by atoms with Crippen LogP contribution in [0.25, 0.3) is 0 Å². The molecule has 0 aliphatic carbocycles. The van der Waals surface area contributed by atoms with Gasteiger partial charge in [0.15, 0.2) is 0 Å². The number of nitrogens with one attached hydrogen (secondary N) is 1. The smallest absolute Gasteiger partial charge is 0.142 e. The van der Waals surface area contributed by atoms with E-state index in [0.717, 1.165) is 0 Å². The predicted molar refractivity (Wildman–Crippen MR) is 65.3 cm³/mol. The van der Waals surface area contributed by atoms with E-state index in [1.165, 1.54) is 18.2 Å². The molecule has 2 aromatic rings. The van der Waals surface area contributed by atoms with E-state index in [9.17, 15) is 4.39 Å². The van der Waals surface area contributed by atoms with Crippen LogP contribution in [0.4, 0.5) is 10.2 Å². The lowest BCUT2D eigenvalue weighted by Gasteiger charge is -2.07. The number of pyridine rings is 1. The number of hydrogen-bond donors (Lipinski definition) is 1. The van der Waals surface area contributed by atoms with Gasteiger partial charge >= 0.3 is 0 Å². The Hall–Kier alpha value is -1.81. The lowest BCUT2D eigenvalue weighted by atomic mass is 10.3. The number of benzene rings is 1. The van der Waals surface area contributed by atoms with Crippen molar-refractivity contribution in [3.05, 3.63) is 47.4 Å². The Morgan fingerprint density at radius 3 is 2.71 bits per heavy atom. The van der Waals surface area contributed by atoms with Crippen molar-refractivity contribution in [2.75, 3.05) is 12.4 Å². The predicted octanol–water partition coefficient (Wildman–Crippen LogP) is 3.71. The van der Waals surface area contributed by atoms with Crippen molar-refractivity contribution in [3.8, 4) is 11.5 Å². The fourth-order valence-corrected chi connectivity index (χ4v) is 1.46. The van der Waals surface area contributed by atoms with Crippen LogP contribution in [-0.2, 0) is 0 Å². The molecule has 0 bridgehead atoms. The minimum absolute atomic E-state index is 0.0328. The molecule has 88 valence electrons. The maximum Gasteiger partial charge on any atom is 0.142 e. The molecule has 0 unspecified atom stereocenters. The summed E-state index contributed by atoms with van der Waals surface area (Å²) in [6, 6.07) is 7.64. The van der Waals surface area contributed by atoms with Gasteiger partial charge in [-0.3, -0.25) is 0 Å². The molecule has 1 N–H and O–H groups in total. The van der Waals surface area contributed by atoms with Gasteiger partial charge in [0.2, 0.25) is 0 Å². The third-order valence-corrected chi connectivity index (χ3v) is 2.40. The first-order valence-corrected chi connectivity index (χ1v) is 5.33. The van der Waals surface area contributed by atoms with Crippen LogP contribution >= 0.6 is 11.6 Å². The number of aromatic nitrogens is 1. The average molecular weight is 253 g/mol. The van der Waals surface area contributed by atoms with Crippen LogP contribution < -0.4 is 10.1 Å². The summed E-state index contributed by atoms with van der Waals surface area (Å²) < 4.78 is 18.5. The van der Waals surface area contributed by atoms with Crippen LogP contribution in [0.1, 0.15) is 0 Å². The molecule has 0 spiro atoms. The number of hydrogen-bond acceptors (Lipinski definition) is 3. The second kappa shape index (κ2) is 5.01. The van der Waals surface area contributed by atoms with Crippen LogP contribution in [0.15, 0.2) is 36.5 Å². The van der Waals surface area contributed by atoms with Crippen LogP contribution in [0.3, 0.4) is 0 Å². The van der Waals surface area contributed by atoms with E-state index in [2.05, 4.69) is 10.3 Å². The second-order valence-corrected chi connectivity index (χ2v) is 3.71. The van der Waals surface area contributed by atoms with Gasteiger partial charge in [-0.05, 0) is 18.2 Å². The summed E-state index contributed by atoms with van der Waals surface area (Å²) in [7, 11) is 1.76. The molecule has 1 aromatic carbocycles. The largest absolute Gasteiger partial charge is 0.457 e. The zero-order chi connectivity index (χ0) is 12.3. The van der Waals surface area contributed by atoms with Crippen LogP contribution in [0.5, 0.6) is 11.5 Å². The highest BCUT2D eigenvalue weighted by Crippen LogP contribution is 2.26. The maximum atomic E-state index is 12.9. The zero-order valence-corrected chi connectivity index (χ0v) is 9.83. The van der Waals surface area contributed by atoms with Gasteiger partial charge in [0.05, 0.1) is 5.02 Å². The van der Waals surface area contributed by atoms with E-state index in [4.69, 9.17) is 16.3 Å². The van der Waals surface area contributed by atoms with Crippen LogP contribution in [0, 0.1) is 5.82 Å². The Kier molecular flexibility index (Phi) is 3.44. The van der Waals surface area contributed by atoms with Gasteiger partial charge in [-0.25, -0.2) is 9.37 Å². The fourth-order valence-electron chi connectivity index (χ4n) is 1.29. The summed E-state index contributed by atoms with van der Waals surface area (Å²) in [5.74, 6) is 1.30. The lowest BCUT2D eigenvalue weighted by Crippen LogP contribution is -1.92. The van der Waals surface area contributed by atoms with Crippen LogP contribution in [-0.4, -0.2) is 12.0 Å².